The number of hydrogen-bond donors (Lipinski definition) is 1. The van der Waals surface area contributed by atoms with Gasteiger partial charge in [-0.3, -0.25) is 0 Å². The summed E-state index contributed by atoms with van der Waals surface area (Å²) in [6.45, 7) is 6.47. The number of para-hydroxylation sites is 1. The minimum absolute atomic E-state index is 0.144. The molecule has 1 saturated heterocycles. The number of piperidine rings is 1. The molecule has 1 N–H and O–H groups in total. The summed E-state index contributed by atoms with van der Waals surface area (Å²) in [6.07, 6.45) is 4.61. The number of fused-ring (bicyclic) bond motifs is 1. The second-order valence-corrected chi connectivity index (χ2v) is 5.72. The minimum atomic E-state index is 0.144. The van der Waals surface area contributed by atoms with Crippen molar-refractivity contribution in [1.82, 2.24) is 10.3 Å². The molecule has 0 spiro atoms. The van der Waals surface area contributed by atoms with Gasteiger partial charge < -0.3 is 9.73 Å². The van der Waals surface area contributed by atoms with Crippen LogP contribution in [0.3, 0.4) is 0 Å². The fraction of sp³-hybridized carbons (Fsp3) is 0.562. The first-order valence-electron chi connectivity index (χ1n) is 7.32. The van der Waals surface area contributed by atoms with Crippen molar-refractivity contribution in [2.75, 3.05) is 13.1 Å². The molecule has 2 aromatic rings. The Balaban J connectivity index is 2.07. The van der Waals surface area contributed by atoms with Crippen LogP contribution in [0.4, 0.5) is 0 Å². The Morgan fingerprint density at radius 3 is 2.79 bits per heavy atom. The van der Waals surface area contributed by atoms with E-state index in [1.807, 2.05) is 0 Å². The van der Waals surface area contributed by atoms with Crippen LogP contribution in [0.5, 0.6) is 0 Å². The molecule has 0 aliphatic carbocycles. The molecule has 0 saturated carbocycles. The zero-order chi connectivity index (χ0) is 13.3. The third kappa shape index (κ3) is 2.16. The third-order valence-corrected chi connectivity index (χ3v) is 4.35. The standard InChI is InChI=1S/C16H22N2O/c1-3-7-16(8-10-17-11-9-16)15-18-13-6-4-5-12(2)14(13)19-15/h4-6,17H,3,7-11H2,1-2H3. The predicted molar refractivity (Wildman–Crippen MR) is 77.4 cm³/mol. The van der Waals surface area contributed by atoms with Gasteiger partial charge in [0.25, 0.3) is 0 Å². The molecule has 3 rings (SSSR count). The molecule has 1 fully saturated rings. The topological polar surface area (TPSA) is 38.1 Å². The molecular weight excluding hydrogens is 236 g/mol. The van der Waals surface area contributed by atoms with Crippen LogP contribution in [0.25, 0.3) is 11.1 Å². The van der Waals surface area contributed by atoms with Crippen molar-refractivity contribution in [2.24, 2.45) is 0 Å². The maximum Gasteiger partial charge on any atom is 0.201 e. The molecule has 0 amide bonds. The quantitative estimate of drug-likeness (QED) is 0.914. The number of hydrogen-bond acceptors (Lipinski definition) is 3. The number of benzene rings is 1. The van der Waals surface area contributed by atoms with Crippen molar-refractivity contribution in [1.29, 1.82) is 0 Å². The molecule has 102 valence electrons. The molecule has 3 nitrogen and oxygen atoms in total. The van der Waals surface area contributed by atoms with E-state index in [1.165, 1.54) is 18.4 Å². The van der Waals surface area contributed by atoms with Crippen molar-refractivity contribution in [2.45, 2.75) is 44.9 Å². The lowest BCUT2D eigenvalue weighted by molar-refractivity contribution is 0.233. The lowest BCUT2D eigenvalue weighted by atomic mass is 9.75. The monoisotopic (exact) mass is 258 g/mol. The zero-order valence-corrected chi connectivity index (χ0v) is 11.8. The SMILES string of the molecule is CCCC1(c2nc3cccc(C)c3o2)CCNCC1. The van der Waals surface area contributed by atoms with E-state index in [0.717, 1.165) is 42.9 Å². The van der Waals surface area contributed by atoms with Crippen LogP contribution in [0.15, 0.2) is 22.6 Å². The Kier molecular flexibility index (Phi) is 3.31. The second kappa shape index (κ2) is 4.97. The summed E-state index contributed by atoms with van der Waals surface area (Å²) in [5.41, 5.74) is 3.29. The van der Waals surface area contributed by atoms with E-state index in [-0.39, 0.29) is 5.41 Å². The van der Waals surface area contributed by atoms with Gasteiger partial charge in [-0.05, 0) is 50.9 Å². The van der Waals surface area contributed by atoms with Gasteiger partial charge in [-0.2, -0.15) is 0 Å². The Bertz CT molecular complexity index is 562. The highest BCUT2D eigenvalue weighted by Crippen LogP contribution is 2.39. The highest BCUT2D eigenvalue weighted by molar-refractivity contribution is 5.76. The van der Waals surface area contributed by atoms with E-state index in [1.54, 1.807) is 0 Å². The van der Waals surface area contributed by atoms with Crippen molar-refractivity contribution in [3.05, 3.63) is 29.7 Å². The van der Waals surface area contributed by atoms with Crippen molar-refractivity contribution in [3.8, 4) is 0 Å². The first kappa shape index (κ1) is 12.7. The molecule has 0 unspecified atom stereocenters. The number of rotatable bonds is 3. The lowest BCUT2D eigenvalue weighted by Gasteiger charge is -2.34. The van der Waals surface area contributed by atoms with E-state index in [4.69, 9.17) is 9.40 Å². The average Bonchev–Trinajstić information content (AvgIpc) is 2.86. The molecule has 1 aromatic heterocycles. The highest BCUT2D eigenvalue weighted by atomic mass is 16.3. The van der Waals surface area contributed by atoms with Gasteiger partial charge in [0.05, 0.1) is 0 Å². The van der Waals surface area contributed by atoms with Gasteiger partial charge in [0.15, 0.2) is 5.58 Å². The number of aryl methyl sites for hydroxylation is 1. The maximum absolute atomic E-state index is 6.16. The Hall–Kier alpha value is -1.35. The van der Waals surface area contributed by atoms with E-state index in [0.29, 0.717) is 0 Å². The molecule has 1 aliphatic rings. The molecule has 3 heteroatoms. The van der Waals surface area contributed by atoms with Crippen molar-refractivity contribution in [3.63, 3.8) is 0 Å². The van der Waals surface area contributed by atoms with Crippen molar-refractivity contribution >= 4 is 11.1 Å². The predicted octanol–water partition coefficient (Wildman–Crippen LogP) is 3.56. The molecular formula is C16H22N2O. The van der Waals surface area contributed by atoms with Gasteiger partial charge in [0, 0.05) is 5.41 Å². The number of oxazole rings is 1. The Morgan fingerprint density at radius 1 is 1.32 bits per heavy atom. The smallest absolute Gasteiger partial charge is 0.201 e. The normalized spacial score (nSPS) is 18.8. The fourth-order valence-corrected chi connectivity index (χ4v) is 3.27. The molecule has 1 aliphatic heterocycles. The number of nitrogens with one attached hydrogen (secondary N) is 1. The van der Waals surface area contributed by atoms with Gasteiger partial charge in [0.2, 0.25) is 5.89 Å². The van der Waals surface area contributed by atoms with E-state index < -0.39 is 0 Å². The molecule has 2 heterocycles. The van der Waals surface area contributed by atoms with E-state index >= 15 is 0 Å². The largest absolute Gasteiger partial charge is 0.440 e. The summed E-state index contributed by atoms with van der Waals surface area (Å²) in [4.78, 5) is 4.79. The molecule has 1 aromatic carbocycles. The summed E-state index contributed by atoms with van der Waals surface area (Å²) >= 11 is 0. The third-order valence-electron chi connectivity index (χ3n) is 4.35. The van der Waals surface area contributed by atoms with Gasteiger partial charge in [-0.1, -0.05) is 25.5 Å². The van der Waals surface area contributed by atoms with Gasteiger partial charge in [-0.15, -0.1) is 0 Å². The second-order valence-electron chi connectivity index (χ2n) is 5.72. The van der Waals surface area contributed by atoms with Crippen molar-refractivity contribution < 1.29 is 4.42 Å². The number of aromatic nitrogens is 1. The van der Waals surface area contributed by atoms with Gasteiger partial charge >= 0.3 is 0 Å². The lowest BCUT2D eigenvalue weighted by Crippen LogP contribution is -2.40. The van der Waals surface area contributed by atoms with E-state index in [9.17, 15) is 0 Å². The van der Waals surface area contributed by atoms with Crippen LogP contribution in [-0.4, -0.2) is 18.1 Å². The molecule has 0 radical (unpaired) electrons. The van der Waals surface area contributed by atoms with Crippen LogP contribution in [0, 0.1) is 6.92 Å². The van der Waals surface area contributed by atoms with Crippen LogP contribution >= 0.6 is 0 Å². The summed E-state index contributed by atoms with van der Waals surface area (Å²) in [7, 11) is 0. The zero-order valence-electron chi connectivity index (χ0n) is 11.8. The minimum Gasteiger partial charge on any atom is -0.440 e. The summed E-state index contributed by atoms with van der Waals surface area (Å²) in [5.74, 6) is 0.958. The fourth-order valence-electron chi connectivity index (χ4n) is 3.27. The highest BCUT2D eigenvalue weighted by Gasteiger charge is 2.37. The summed E-state index contributed by atoms with van der Waals surface area (Å²) in [6, 6.07) is 6.20. The first-order valence-corrected chi connectivity index (χ1v) is 7.32. The molecule has 0 atom stereocenters. The molecule has 19 heavy (non-hydrogen) atoms. The van der Waals surface area contributed by atoms with Crippen LogP contribution in [0.1, 0.15) is 44.1 Å². The van der Waals surface area contributed by atoms with Crippen LogP contribution < -0.4 is 5.32 Å². The average molecular weight is 258 g/mol. The molecule has 0 bridgehead atoms. The first-order chi connectivity index (χ1) is 9.25. The maximum atomic E-state index is 6.16. The van der Waals surface area contributed by atoms with Crippen LogP contribution in [0.2, 0.25) is 0 Å². The Labute approximate surface area is 114 Å². The number of nitrogens with zero attached hydrogens (tertiary/aromatic N) is 1. The van der Waals surface area contributed by atoms with Gasteiger partial charge in [-0.25, -0.2) is 4.98 Å². The summed E-state index contributed by atoms with van der Waals surface area (Å²) in [5, 5.41) is 3.44. The van der Waals surface area contributed by atoms with E-state index in [2.05, 4.69) is 37.4 Å². The Morgan fingerprint density at radius 2 is 2.11 bits per heavy atom. The summed E-state index contributed by atoms with van der Waals surface area (Å²) < 4.78 is 6.16. The van der Waals surface area contributed by atoms with Gasteiger partial charge in [0.1, 0.15) is 5.52 Å². The van der Waals surface area contributed by atoms with Crippen LogP contribution in [-0.2, 0) is 5.41 Å².